The predicted molar refractivity (Wildman–Crippen MR) is 51.2 cm³/mol. The van der Waals surface area contributed by atoms with Crippen LogP contribution in [-0.4, -0.2) is 36.6 Å². The van der Waals surface area contributed by atoms with Crippen molar-refractivity contribution in [3.8, 4) is 0 Å². The van der Waals surface area contributed by atoms with Crippen LogP contribution < -0.4 is 5.32 Å². The lowest BCUT2D eigenvalue weighted by atomic mass is 10.0. The molecule has 0 saturated carbocycles. The first-order valence-electron chi connectivity index (χ1n) is 5.25. The minimum Gasteiger partial charge on any atom is -0.311 e. The monoisotopic (exact) mass is 168 g/mol. The van der Waals surface area contributed by atoms with Crippen LogP contribution in [-0.2, 0) is 0 Å². The molecule has 2 nitrogen and oxygen atoms in total. The van der Waals surface area contributed by atoms with Crippen molar-refractivity contribution in [3.63, 3.8) is 0 Å². The van der Waals surface area contributed by atoms with Gasteiger partial charge in [-0.25, -0.2) is 0 Å². The van der Waals surface area contributed by atoms with Gasteiger partial charge in [0.15, 0.2) is 0 Å². The van der Waals surface area contributed by atoms with E-state index in [1.807, 2.05) is 0 Å². The number of nitrogens with zero attached hydrogens (tertiary/aromatic N) is 1. The molecular formula is C10H20N2. The lowest BCUT2D eigenvalue weighted by molar-refractivity contribution is 0.151. The fourth-order valence-corrected chi connectivity index (χ4v) is 2.42. The number of rotatable bonds is 1. The van der Waals surface area contributed by atoms with Crippen LogP contribution in [0.4, 0.5) is 0 Å². The first kappa shape index (κ1) is 8.52. The van der Waals surface area contributed by atoms with Gasteiger partial charge in [-0.3, -0.25) is 4.90 Å². The van der Waals surface area contributed by atoms with Gasteiger partial charge in [0.05, 0.1) is 0 Å². The molecule has 1 N–H and O–H groups in total. The second-order valence-electron chi connectivity index (χ2n) is 4.55. The van der Waals surface area contributed by atoms with Gasteiger partial charge in [0, 0.05) is 25.2 Å². The summed E-state index contributed by atoms with van der Waals surface area (Å²) in [6, 6.07) is 1.60. The summed E-state index contributed by atoms with van der Waals surface area (Å²) in [5, 5.41) is 3.65. The minimum absolute atomic E-state index is 0.736. The molecule has 0 amide bonds. The highest BCUT2D eigenvalue weighted by Crippen LogP contribution is 2.21. The summed E-state index contributed by atoms with van der Waals surface area (Å²) in [5.74, 6) is 0.784. The van der Waals surface area contributed by atoms with Gasteiger partial charge in [-0.05, 0) is 25.3 Å². The van der Waals surface area contributed by atoms with Crippen molar-refractivity contribution in [2.24, 2.45) is 5.92 Å². The number of hydrogen-bond donors (Lipinski definition) is 1. The Morgan fingerprint density at radius 1 is 1.42 bits per heavy atom. The summed E-state index contributed by atoms with van der Waals surface area (Å²) in [6.45, 7) is 8.48. The van der Waals surface area contributed by atoms with E-state index in [1.165, 1.54) is 32.5 Å². The molecule has 0 aromatic rings. The maximum absolute atomic E-state index is 3.65. The van der Waals surface area contributed by atoms with Crippen molar-refractivity contribution < 1.29 is 0 Å². The van der Waals surface area contributed by atoms with Gasteiger partial charge in [-0.2, -0.15) is 0 Å². The summed E-state index contributed by atoms with van der Waals surface area (Å²) in [5.41, 5.74) is 0. The van der Waals surface area contributed by atoms with Crippen molar-refractivity contribution in [1.29, 1.82) is 0 Å². The average Bonchev–Trinajstić information content (AvgIpc) is 2.49. The van der Waals surface area contributed by atoms with Gasteiger partial charge >= 0.3 is 0 Å². The molecule has 2 heterocycles. The van der Waals surface area contributed by atoms with E-state index in [9.17, 15) is 0 Å². The molecule has 2 fully saturated rings. The molecule has 2 aliphatic rings. The molecule has 0 bridgehead atoms. The van der Waals surface area contributed by atoms with Crippen LogP contribution in [0.15, 0.2) is 0 Å². The highest BCUT2D eigenvalue weighted by molar-refractivity contribution is 4.90. The third-order valence-corrected chi connectivity index (χ3v) is 3.35. The van der Waals surface area contributed by atoms with Gasteiger partial charge < -0.3 is 5.32 Å². The van der Waals surface area contributed by atoms with Crippen LogP contribution in [0.3, 0.4) is 0 Å². The Kier molecular flexibility index (Phi) is 2.37. The topological polar surface area (TPSA) is 15.3 Å². The molecule has 70 valence electrons. The lowest BCUT2D eigenvalue weighted by Crippen LogP contribution is -2.55. The van der Waals surface area contributed by atoms with Crippen molar-refractivity contribution in [2.75, 3.05) is 19.6 Å². The molecular weight excluding hydrogens is 148 g/mol. The van der Waals surface area contributed by atoms with E-state index >= 15 is 0 Å². The molecule has 0 radical (unpaired) electrons. The van der Waals surface area contributed by atoms with Gasteiger partial charge in [-0.15, -0.1) is 0 Å². The summed E-state index contributed by atoms with van der Waals surface area (Å²) >= 11 is 0. The molecule has 0 aromatic heterocycles. The molecule has 0 aromatic carbocycles. The van der Waals surface area contributed by atoms with E-state index in [4.69, 9.17) is 0 Å². The molecule has 2 heteroatoms. The maximum atomic E-state index is 3.65. The summed E-state index contributed by atoms with van der Waals surface area (Å²) in [6.07, 6.45) is 2.83. The van der Waals surface area contributed by atoms with Gasteiger partial charge in [0.2, 0.25) is 0 Å². The normalized spacial score (nSPS) is 37.2. The fraction of sp³-hybridized carbons (Fsp3) is 1.00. The van der Waals surface area contributed by atoms with Crippen molar-refractivity contribution >= 4 is 0 Å². The molecule has 2 rings (SSSR count). The Morgan fingerprint density at radius 3 is 3.00 bits per heavy atom. The second kappa shape index (κ2) is 3.35. The highest BCUT2D eigenvalue weighted by Gasteiger charge is 2.31. The number of fused-ring (bicyclic) bond motifs is 1. The maximum Gasteiger partial charge on any atom is 0.0221 e. The Bertz CT molecular complexity index is 156. The minimum atomic E-state index is 0.736. The van der Waals surface area contributed by atoms with Crippen LogP contribution in [0, 0.1) is 5.92 Å². The van der Waals surface area contributed by atoms with Gasteiger partial charge in [0.1, 0.15) is 0 Å². The zero-order valence-corrected chi connectivity index (χ0v) is 8.21. The molecule has 0 unspecified atom stereocenters. The van der Waals surface area contributed by atoms with Crippen LogP contribution in [0.5, 0.6) is 0 Å². The largest absolute Gasteiger partial charge is 0.311 e. The van der Waals surface area contributed by atoms with E-state index in [2.05, 4.69) is 24.1 Å². The quantitative estimate of drug-likeness (QED) is 0.630. The third-order valence-electron chi connectivity index (χ3n) is 3.35. The van der Waals surface area contributed by atoms with Crippen LogP contribution in [0.2, 0.25) is 0 Å². The molecule has 2 saturated heterocycles. The Balaban J connectivity index is 1.92. The first-order chi connectivity index (χ1) is 5.77. The Hall–Kier alpha value is -0.0800. The van der Waals surface area contributed by atoms with E-state index in [0.717, 1.165) is 18.0 Å². The van der Waals surface area contributed by atoms with Gasteiger partial charge in [-0.1, -0.05) is 13.8 Å². The first-order valence-corrected chi connectivity index (χ1v) is 5.25. The zero-order chi connectivity index (χ0) is 8.55. The lowest BCUT2D eigenvalue weighted by Gasteiger charge is -2.37. The average molecular weight is 168 g/mol. The van der Waals surface area contributed by atoms with Crippen LogP contribution >= 0.6 is 0 Å². The smallest absolute Gasteiger partial charge is 0.0221 e. The van der Waals surface area contributed by atoms with Crippen LogP contribution in [0.25, 0.3) is 0 Å². The zero-order valence-electron chi connectivity index (χ0n) is 8.21. The molecule has 0 aliphatic carbocycles. The van der Waals surface area contributed by atoms with E-state index in [0.29, 0.717) is 0 Å². The molecule has 12 heavy (non-hydrogen) atoms. The SMILES string of the molecule is CC(C)[C@@H]1CN2CCC[C@@H]2CN1. The summed E-state index contributed by atoms with van der Waals surface area (Å²) in [4.78, 5) is 2.67. The number of hydrogen-bond acceptors (Lipinski definition) is 2. The number of nitrogens with one attached hydrogen (secondary N) is 1. The van der Waals surface area contributed by atoms with Crippen LogP contribution in [0.1, 0.15) is 26.7 Å². The highest BCUT2D eigenvalue weighted by atomic mass is 15.2. The Labute approximate surface area is 75.3 Å². The van der Waals surface area contributed by atoms with Crippen molar-refractivity contribution in [2.45, 2.75) is 38.8 Å². The standard InChI is InChI=1S/C10H20N2/c1-8(2)10-7-12-5-3-4-9(12)6-11-10/h8-11H,3-7H2,1-2H3/t9-,10+/m1/s1. The fourth-order valence-electron chi connectivity index (χ4n) is 2.42. The second-order valence-corrected chi connectivity index (χ2v) is 4.55. The van der Waals surface area contributed by atoms with Crippen molar-refractivity contribution in [1.82, 2.24) is 10.2 Å². The van der Waals surface area contributed by atoms with Crippen molar-refractivity contribution in [3.05, 3.63) is 0 Å². The summed E-state index contributed by atoms with van der Waals surface area (Å²) in [7, 11) is 0. The Morgan fingerprint density at radius 2 is 2.25 bits per heavy atom. The molecule has 2 aliphatic heterocycles. The van der Waals surface area contributed by atoms with E-state index in [-0.39, 0.29) is 0 Å². The van der Waals surface area contributed by atoms with E-state index < -0.39 is 0 Å². The summed E-state index contributed by atoms with van der Waals surface area (Å²) < 4.78 is 0. The molecule has 0 spiro atoms. The van der Waals surface area contributed by atoms with E-state index in [1.54, 1.807) is 0 Å². The predicted octanol–water partition coefficient (Wildman–Crippen LogP) is 1.08. The van der Waals surface area contributed by atoms with Gasteiger partial charge in [0.25, 0.3) is 0 Å². The molecule has 2 atom stereocenters. The number of piperazine rings is 1. The third kappa shape index (κ3) is 1.50.